The summed E-state index contributed by atoms with van der Waals surface area (Å²) in [6, 6.07) is 0. The first-order valence-electron chi connectivity index (χ1n) is 3.64. The molecule has 0 rings (SSSR count). The van der Waals surface area contributed by atoms with Gasteiger partial charge < -0.3 is 10.2 Å². The number of hydrogen-bond donors (Lipinski definition) is 2. The topological polar surface area (TPSA) is 40.5 Å². The van der Waals surface area contributed by atoms with Gasteiger partial charge in [-0.1, -0.05) is 13.0 Å². The molecule has 0 aliphatic heterocycles. The van der Waals surface area contributed by atoms with Crippen molar-refractivity contribution in [1.29, 1.82) is 0 Å². The van der Waals surface area contributed by atoms with E-state index < -0.39 is 12.2 Å². The minimum absolute atomic E-state index is 0.431. The van der Waals surface area contributed by atoms with Gasteiger partial charge in [0.15, 0.2) is 0 Å². The molecule has 2 N–H and O–H groups in total. The summed E-state index contributed by atoms with van der Waals surface area (Å²) >= 11 is 0. The van der Waals surface area contributed by atoms with Gasteiger partial charge in [-0.25, -0.2) is 0 Å². The van der Waals surface area contributed by atoms with Crippen molar-refractivity contribution in [3.05, 3.63) is 11.6 Å². The third kappa shape index (κ3) is 3.64. The lowest BCUT2D eigenvalue weighted by molar-refractivity contribution is 0.214. The highest BCUT2D eigenvalue weighted by molar-refractivity contribution is 5.07. The van der Waals surface area contributed by atoms with Crippen LogP contribution < -0.4 is 0 Å². The molecule has 0 heterocycles. The fraction of sp³-hybridized carbons (Fsp3) is 0.750. The maximum Gasteiger partial charge on any atom is 0.0722 e. The smallest absolute Gasteiger partial charge is 0.0722 e. The molecule has 0 aromatic rings. The Hall–Kier alpha value is -0.340. The van der Waals surface area contributed by atoms with Gasteiger partial charge >= 0.3 is 0 Å². The summed E-state index contributed by atoms with van der Waals surface area (Å²) < 4.78 is 0. The molecule has 0 aliphatic rings. The summed E-state index contributed by atoms with van der Waals surface area (Å²) in [6.07, 6.45) is 1.59. The van der Waals surface area contributed by atoms with Crippen molar-refractivity contribution >= 4 is 0 Å². The van der Waals surface area contributed by atoms with Gasteiger partial charge in [0.05, 0.1) is 12.2 Å². The summed E-state index contributed by atoms with van der Waals surface area (Å²) in [5.41, 5.74) is 0.898. The molecule has 0 saturated carbocycles. The Balaban J connectivity index is 4.04. The molecule has 0 bridgehead atoms. The lowest BCUT2D eigenvalue weighted by Gasteiger charge is -2.08. The van der Waals surface area contributed by atoms with E-state index in [9.17, 15) is 0 Å². The lowest BCUT2D eigenvalue weighted by Crippen LogP contribution is -2.07. The first kappa shape index (κ1) is 9.66. The molecule has 0 aromatic heterocycles. The van der Waals surface area contributed by atoms with Crippen LogP contribution in [0.25, 0.3) is 0 Å². The molecule has 0 fully saturated rings. The van der Waals surface area contributed by atoms with E-state index in [4.69, 9.17) is 10.2 Å². The zero-order chi connectivity index (χ0) is 8.15. The molecule has 0 radical (unpaired) electrons. The number of rotatable bonds is 3. The second kappa shape index (κ2) is 4.47. The first-order chi connectivity index (χ1) is 4.57. The quantitative estimate of drug-likeness (QED) is 0.582. The van der Waals surface area contributed by atoms with Gasteiger partial charge in [-0.2, -0.15) is 0 Å². The predicted molar refractivity (Wildman–Crippen MR) is 41.7 cm³/mol. The molecule has 0 aromatic carbocycles. The van der Waals surface area contributed by atoms with Crippen LogP contribution in [0.2, 0.25) is 0 Å². The van der Waals surface area contributed by atoms with Gasteiger partial charge in [0.2, 0.25) is 0 Å². The zero-order valence-corrected chi connectivity index (χ0v) is 6.83. The van der Waals surface area contributed by atoms with E-state index in [1.165, 1.54) is 0 Å². The van der Waals surface area contributed by atoms with Gasteiger partial charge in [-0.3, -0.25) is 0 Å². The normalized spacial score (nSPS) is 18.7. The highest BCUT2D eigenvalue weighted by atomic mass is 16.3. The molecule has 10 heavy (non-hydrogen) atoms. The Morgan fingerprint density at radius 1 is 1.40 bits per heavy atom. The number of aliphatic hydroxyl groups excluding tert-OH is 2. The van der Waals surface area contributed by atoms with Gasteiger partial charge in [-0.05, 0) is 25.8 Å². The highest BCUT2D eigenvalue weighted by Gasteiger charge is 2.02. The molecule has 0 aliphatic carbocycles. The van der Waals surface area contributed by atoms with Crippen LogP contribution in [0.15, 0.2) is 11.6 Å². The Labute approximate surface area is 62.2 Å². The van der Waals surface area contributed by atoms with Crippen molar-refractivity contribution in [2.45, 2.75) is 39.4 Å². The number of aliphatic hydroxyl groups is 2. The highest BCUT2D eigenvalue weighted by Crippen LogP contribution is 2.07. The first-order valence-corrected chi connectivity index (χ1v) is 3.64. The summed E-state index contributed by atoms with van der Waals surface area (Å²) in [6.45, 7) is 5.34. The Kier molecular flexibility index (Phi) is 4.32. The van der Waals surface area contributed by atoms with Crippen molar-refractivity contribution in [3.63, 3.8) is 0 Å². The molecule has 60 valence electrons. The Morgan fingerprint density at radius 2 is 1.90 bits per heavy atom. The monoisotopic (exact) mass is 144 g/mol. The molecule has 0 amide bonds. The Morgan fingerprint density at radius 3 is 2.00 bits per heavy atom. The molecule has 0 spiro atoms. The van der Waals surface area contributed by atoms with Crippen LogP contribution in [0.3, 0.4) is 0 Å². The molecule has 2 unspecified atom stereocenters. The van der Waals surface area contributed by atoms with Gasteiger partial charge in [0.25, 0.3) is 0 Å². The average molecular weight is 144 g/mol. The second-order valence-electron chi connectivity index (χ2n) is 2.51. The zero-order valence-electron chi connectivity index (χ0n) is 6.83. The minimum Gasteiger partial charge on any atom is -0.389 e. The van der Waals surface area contributed by atoms with Crippen LogP contribution in [0.1, 0.15) is 27.2 Å². The fourth-order valence-corrected chi connectivity index (χ4v) is 0.862. The second-order valence-corrected chi connectivity index (χ2v) is 2.51. The maximum atomic E-state index is 9.08. The van der Waals surface area contributed by atoms with Gasteiger partial charge in [0, 0.05) is 0 Å². The van der Waals surface area contributed by atoms with Crippen molar-refractivity contribution in [2.24, 2.45) is 0 Å². The van der Waals surface area contributed by atoms with E-state index in [1.54, 1.807) is 19.9 Å². The van der Waals surface area contributed by atoms with Crippen LogP contribution in [-0.2, 0) is 0 Å². The third-order valence-electron chi connectivity index (χ3n) is 1.40. The summed E-state index contributed by atoms with van der Waals surface area (Å²) in [5.74, 6) is 0. The molecule has 2 nitrogen and oxygen atoms in total. The van der Waals surface area contributed by atoms with E-state index in [0.717, 1.165) is 12.0 Å². The summed E-state index contributed by atoms with van der Waals surface area (Å²) in [7, 11) is 0. The predicted octanol–water partition coefficient (Wildman–Crippen LogP) is 1.08. The number of hydrogen-bond acceptors (Lipinski definition) is 2. The average Bonchev–Trinajstić information content (AvgIpc) is 1.81. The van der Waals surface area contributed by atoms with Crippen LogP contribution in [0.4, 0.5) is 0 Å². The van der Waals surface area contributed by atoms with E-state index in [-0.39, 0.29) is 0 Å². The van der Waals surface area contributed by atoms with Crippen molar-refractivity contribution in [1.82, 2.24) is 0 Å². The lowest BCUT2D eigenvalue weighted by atomic mass is 10.1. The van der Waals surface area contributed by atoms with E-state index >= 15 is 0 Å². The van der Waals surface area contributed by atoms with Crippen LogP contribution in [0, 0.1) is 0 Å². The van der Waals surface area contributed by atoms with E-state index in [1.807, 2.05) is 6.92 Å². The molecular formula is C8H16O2. The molecule has 0 saturated heterocycles. The van der Waals surface area contributed by atoms with Crippen LogP contribution >= 0.6 is 0 Å². The van der Waals surface area contributed by atoms with Crippen molar-refractivity contribution < 1.29 is 10.2 Å². The summed E-state index contributed by atoms with van der Waals surface area (Å²) in [4.78, 5) is 0. The van der Waals surface area contributed by atoms with Gasteiger partial charge in [-0.15, -0.1) is 0 Å². The fourth-order valence-electron chi connectivity index (χ4n) is 0.862. The van der Waals surface area contributed by atoms with Crippen molar-refractivity contribution in [3.8, 4) is 0 Å². The standard InChI is InChI=1S/C8H16O2/c1-4-8(7(3)10)5-6(2)9/h5-7,9-10H,4H2,1-3H3. The summed E-state index contributed by atoms with van der Waals surface area (Å²) in [5, 5.41) is 18.0. The molecular weight excluding hydrogens is 128 g/mol. The molecule has 2 heteroatoms. The van der Waals surface area contributed by atoms with E-state index in [2.05, 4.69) is 0 Å². The van der Waals surface area contributed by atoms with Gasteiger partial charge in [0.1, 0.15) is 0 Å². The third-order valence-corrected chi connectivity index (χ3v) is 1.40. The SMILES string of the molecule is CCC(=CC(C)O)C(C)O. The van der Waals surface area contributed by atoms with Crippen molar-refractivity contribution in [2.75, 3.05) is 0 Å². The largest absolute Gasteiger partial charge is 0.389 e. The van der Waals surface area contributed by atoms with E-state index in [0.29, 0.717) is 0 Å². The molecule has 2 atom stereocenters. The maximum absolute atomic E-state index is 9.08. The minimum atomic E-state index is -0.454. The Bertz CT molecular complexity index is 114. The van der Waals surface area contributed by atoms with Crippen LogP contribution in [-0.4, -0.2) is 22.4 Å². The van der Waals surface area contributed by atoms with Crippen LogP contribution in [0.5, 0.6) is 0 Å².